The molecule has 0 spiro atoms. The molecule has 0 radical (unpaired) electrons. The van der Waals surface area contributed by atoms with Gasteiger partial charge in [0.2, 0.25) is 0 Å². The molecule has 15 heavy (non-hydrogen) atoms. The third kappa shape index (κ3) is 3.82. The molecule has 0 saturated carbocycles. The fourth-order valence-corrected chi connectivity index (χ4v) is 1.44. The second kappa shape index (κ2) is 6.11. The summed E-state index contributed by atoms with van der Waals surface area (Å²) in [5.41, 5.74) is 0.720. The highest BCUT2D eigenvalue weighted by Crippen LogP contribution is 2.26. The molecule has 1 rings (SSSR count). The summed E-state index contributed by atoms with van der Waals surface area (Å²) in [4.78, 5) is 0. The highest BCUT2D eigenvalue weighted by molar-refractivity contribution is 6.42. The maximum atomic E-state index is 13.2. The van der Waals surface area contributed by atoms with Crippen molar-refractivity contribution < 1.29 is 4.39 Å². The Labute approximate surface area is 98.9 Å². The molecule has 0 atom stereocenters. The molecule has 1 nitrogen and oxygen atoms in total. The van der Waals surface area contributed by atoms with Crippen molar-refractivity contribution in [1.29, 1.82) is 0 Å². The molecular weight excluding hydrogens is 236 g/mol. The molecule has 0 unspecified atom stereocenters. The van der Waals surface area contributed by atoms with Crippen LogP contribution in [0.2, 0.25) is 10.0 Å². The van der Waals surface area contributed by atoms with Gasteiger partial charge in [-0.1, -0.05) is 35.4 Å². The van der Waals surface area contributed by atoms with Gasteiger partial charge in [-0.25, -0.2) is 4.39 Å². The van der Waals surface area contributed by atoms with Crippen LogP contribution < -0.4 is 5.32 Å². The maximum absolute atomic E-state index is 13.2. The Morgan fingerprint density at radius 1 is 1.40 bits per heavy atom. The minimum absolute atomic E-state index is 0.0240. The van der Waals surface area contributed by atoms with Crippen molar-refractivity contribution >= 4 is 29.3 Å². The molecular formula is C11H12Cl2FN. The van der Waals surface area contributed by atoms with E-state index < -0.39 is 5.82 Å². The Balaban J connectivity index is 2.74. The summed E-state index contributed by atoms with van der Waals surface area (Å²) in [5, 5.41) is 3.23. The van der Waals surface area contributed by atoms with E-state index in [1.807, 2.05) is 19.2 Å². The minimum Gasteiger partial charge on any atom is -0.319 e. The van der Waals surface area contributed by atoms with Gasteiger partial charge < -0.3 is 5.32 Å². The molecule has 0 aromatic heterocycles. The van der Waals surface area contributed by atoms with Gasteiger partial charge in [0.25, 0.3) is 0 Å². The fourth-order valence-electron chi connectivity index (χ4n) is 1.12. The standard InChI is InChI=1S/C11H12Cl2FN/c1-15-5-3-2-4-8-6-9(12)11(13)10(14)7-8/h2,4,6-7,15H,3,5H2,1H3. The average molecular weight is 248 g/mol. The van der Waals surface area contributed by atoms with Crippen LogP contribution in [-0.4, -0.2) is 13.6 Å². The van der Waals surface area contributed by atoms with Gasteiger partial charge in [0.05, 0.1) is 10.0 Å². The second-order valence-electron chi connectivity index (χ2n) is 3.09. The molecule has 1 N–H and O–H groups in total. The van der Waals surface area contributed by atoms with E-state index in [0.29, 0.717) is 0 Å². The summed E-state index contributed by atoms with van der Waals surface area (Å²) in [7, 11) is 1.88. The average Bonchev–Trinajstić information content (AvgIpc) is 2.21. The maximum Gasteiger partial charge on any atom is 0.143 e. The highest BCUT2D eigenvalue weighted by atomic mass is 35.5. The Kier molecular flexibility index (Phi) is 5.09. The minimum atomic E-state index is -0.488. The van der Waals surface area contributed by atoms with Gasteiger partial charge in [0.1, 0.15) is 5.82 Å². The van der Waals surface area contributed by atoms with Crippen LogP contribution in [0.4, 0.5) is 4.39 Å². The number of halogens is 3. The van der Waals surface area contributed by atoms with Crippen molar-refractivity contribution in [3.8, 4) is 0 Å². The molecule has 4 heteroatoms. The van der Waals surface area contributed by atoms with Crippen LogP contribution >= 0.6 is 23.2 Å². The number of benzene rings is 1. The lowest BCUT2D eigenvalue weighted by molar-refractivity contribution is 0.628. The summed E-state index contributed by atoms with van der Waals surface area (Å²) in [6, 6.07) is 3.01. The van der Waals surface area contributed by atoms with Gasteiger partial charge in [-0.3, -0.25) is 0 Å². The molecule has 0 fully saturated rings. The van der Waals surface area contributed by atoms with E-state index in [1.165, 1.54) is 6.07 Å². The largest absolute Gasteiger partial charge is 0.319 e. The smallest absolute Gasteiger partial charge is 0.143 e. The van der Waals surface area contributed by atoms with Crippen LogP contribution in [-0.2, 0) is 0 Å². The first-order valence-corrected chi connectivity index (χ1v) is 5.36. The van der Waals surface area contributed by atoms with Crippen molar-refractivity contribution in [2.45, 2.75) is 6.42 Å². The van der Waals surface area contributed by atoms with Gasteiger partial charge in [0, 0.05) is 0 Å². The van der Waals surface area contributed by atoms with Crippen LogP contribution in [0.3, 0.4) is 0 Å². The number of rotatable bonds is 4. The second-order valence-corrected chi connectivity index (χ2v) is 3.88. The first-order chi connectivity index (χ1) is 7.15. The SMILES string of the molecule is CNCCC=Cc1cc(F)c(Cl)c(Cl)c1. The lowest BCUT2D eigenvalue weighted by atomic mass is 10.2. The van der Waals surface area contributed by atoms with Gasteiger partial charge >= 0.3 is 0 Å². The molecule has 0 amide bonds. The summed E-state index contributed by atoms with van der Waals surface area (Å²) in [6.07, 6.45) is 4.66. The van der Waals surface area contributed by atoms with E-state index in [-0.39, 0.29) is 10.0 Å². The van der Waals surface area contributed by atoms with Gasteiger partial charge in [-0.05, 0) is 37.7 Å². The summed E-state index contributed by atoms with van der Waals surface area (Å²) < 4.78 is 13.2. The normalized spacial score (nSPS) is 11.2. The first-order valence-electron chi connectivity index (χ1n) is 4.61. The van der Waals surface area contributed by atoms with Crippen LogP contribution in [0, 0.1) is 5.82 Å². The number of hydrogen-bond acceptors (Lipinski definition) is 1. The van der Waals surface area contributed by atoms with Crippen molar-refractivity contribution in [1.82, 2.24) is 5.32 Å². The van der Waals surface area contributed by atoms with Gasteiger partial charge in [-0.15, -0.1) is 0 Å². The zero-order valence-electron chi connectivity index (χ0n) is 8.36. The molecule has 82 valence electrons. The lowest BCUT2D eigenvalue weighted by Crippen LogP contribution is -2.05. The predicted molar refractivity (Wildman–Crippen MR) is 64.0 cm³/mol. The Morgan fingerprint density at radius 3 is 2.73 bits per heavy atom. The van der Waals surface area contributed by atoms with Crippen molar-refractivity contribution in [3.63, 3.8) is 0 Å². The van der Waals surface area contributed by atoms with Crippen molar-refractivity contribution in [2.24, 2.45) is 0 Å². The van der Waals surface area contributed by atoms with E-state index in [1.54, 1.807) is 6.07 Å². The molecule has 0 aliphatic rings. The Morgan fingerprint density at radius 2 is 2.13 bits per heavy atom. The number of nitrogens with one attached hydrogen (secondary N) is 1. The molecule has 0 saturated heterocycles. The molecule has 0 heterocycles. The van der Waals surface area contributed by atoms with Gasteiger partial charge in [0.15, 0.2) is 0 Å². The zero-order chi connectivity index (χ0) is 11.3. The summed E-state index contributed by atoms with van der Waals surface area (Å²) >= 11 is 11.3. The van der Waals surface area contributed by atoms with E-state index in [0.717, 1.165) is 18.5 Å². The fraction of sp³-hybridized carbons (Fsp3) is 0.273. The topological polar surface area (TPSA) is 12.0 Å². The van der Waals surface area contributed by atoms with Crippen LogP contribution in [0.25, 0.3) is 6.08 Å². The molecule has 1 aromatic rings. The van der Waals surface area contributed by atoms with E-state index in [2.05, 4.69) is 5.32 Å². The quantitative estimate of drug-likeness (QED) is 0.632. The van der Waals surface area contributed by atoms with E-state index in [9.17, 15) is 4.39 Å². The van der Waals surface area contributed by atoms with Crippen molar-refractivity contribution in [2.75, 3.05) is 13.6 Å². The molecule has 0 bridgehead atoms. The van der Waals surface area contributed by atoms with Crippen molar-refractivity contribution in [3.05, 3.63) is 39.6 Å². The third-order valence-corrected chi connectivity index (χ3v) is 2.66. The van der Waals surface area contributed by atoms with Crippen LogP contribution in [0.5, 0.6) is 0 Å². The molecule has 1 aromatic carbocycles. The summed E-state index contributed by atoms with van der Waals surface area (Å²) in [6.45, 7) is 0.889. The summed E-state index contributed by atoms with van der Waals surface area (Å²) in [5.74, 6) is -0.488. The lowest BCUT2D eigenvalue weighted by Gasteiger charge is -2.00. The predicted octanol–water partition coefficient (Wildman–Crippen LogP) is 3.76. The van der Waals surface area contributed by atoms with Crippen LogP contribution in [0.1, 0.15) is 12.0 Å². The van der Waals surface area contributed by atoms with Gasteiger partial charge in [-0.2, -0.15) is 0 Å². The highest BCUT2D eigenvalue weighted by Gasteiger charge is 2.05. The Bertz CT molecular complexity index is 341. The first kappa shape index (κ1) is 12.5. The molecule has 0 aliphatic carbocycles. The number of hydrogen-bond donors (Lipinski definition) is 1. The van der Waals surface area contributed by atoms with Crippen LogP contribution in [0.15, 0.2) is 18.2 Å². The Hall–Kier alpha value is -0.570. The monoisotopic (exact) mass is 247 g/mol. The zero-order valence-corrected chi connectivity index (χ0v) is 9.87. The molecule has 0 aliphatic heterocycles. The third-order valence-electron chi connectivity index (χ3n) is 1.88. The van der Waals surface area contributed by atoms with E-state index in [4.69, 9.17) is 23.2 Å². The van der Waals surface area contributed by atoms with E-state index >= 15 is 0 Å².